The lowest BCUT2D eigenvalue weighted by molar-refractivity contribution is -0.178. The Morgan fingerprint density at radius 1 is 0.263 bits per heavy atom. The van der Waals surface area contributed by atoms with Gasteiger partial charge in [0.15, 0.2) is 5.60 Å². The number of rotatable bonds is 62. The molecule has 0 aromatic rings. The quantitative estimate of drug-likeness (QED) is 0.0368. The highest BCUT2D eigenvalue weighted by Gasteiger charge is 2.43. The minimum atomic E-state index is -2.30. The predicted octanol–water partition coefficient (Wildman–Crippen LogP) is 22.0. The topological polar surface area (TPSA) is 99.1 Å². The SMILES string of the molecule is CC(C)CCCCCCCCCCCCCCCCCCOC(=O)CC(O)(CC(=O)OCCCCCCCCCCCCCCCCCCC(C)C)C(=O)OCCCCCCCCCCCCCCCCCCC(C)C. The molecule has 0 fully saturated rings. The fourth-order valence-electron chi connectivity index (χ4n) is 10.8. The number of aliphatic hydroxyl groups is 1. The summed E-state index contributed by atoms with van der Waals surface area (Å²) in [7, 11) is 0. The highest BCUT2D eigenvalue weighted by Crippen LogP contribution is 2.23. The van der Waals surface area contributed by atoms with E-state index < -0.39 is 36.4 Å². The Morgan fingerprint density at radius 2 is 0.421 bits per heavy atom. The molecule has 452 valence electrons. The van der Waals surface area contributed by atoms with E-state index in [9.17, 15) is 19.5 Å². The van der Waals surface area contributed by atoms with E-state index in [1.54, 1.807) is 0 Å². The van der Waals surface area contributed by atoms with Gasteiger partial charge in [0.1, 0.15) is 0 Å². The van der Waals surface area contributed by atoms with Crippen molar-refractivity contribution in [2.75, 3.05) is 19.8 Å². The van der Waals surface area contributed by atoms with E-state index >= 15 is 0 Å². The molecule has 0 saturated heterocycles. The second-order valence-corrected chi connectivity index (χ2v) is 25.5. The summed E-state index contributed by atoms with van der Waals surface area (Å²) in [6.07, 6.45) is 63.9. The zero-order valence-corrected chi connectivity index (χ0v) is 52.2. The monoisotopic (exact) mass is 1080 g/mol. The van der Waals surface area contributed by atoms with Crippen LogP contribution in [0.1, 0.15) is 382 Å². The molecule has 1 N–H and O–H groups in total. The Morgan fingerprint density at radius 3 is 0.605 bits per heavy atom. The maximum Gasteiger partial charge on any atom is 0.339 e. The summed E-state index contributed by atoms with van der Waals surface area (Å²) in [5.41, 5.74) is -2.30. The lowest BCUT2D eigenvalue weighted by Crippen LogP contribution is -2.45. The van der Waals surface area contributed by atoms with Gasteiger partial charge >= 0.3 is 17.9 Å². The Balaban J connectivity index is 4.41. The minimum Gasteiger partial charge on any atom is -0.466 e. The molecule has 0 saturated carbocycles. The molecule has 0 atom stereocenters. The smallest absolute Gasteiger partial charge is 0.339 e. The van der Waals surface area contributed by atoms with Crippen LogP contribution in [0.5, 0.6) is 0 Å². The summed E-state index contributed by atoms with van der Waals surface area (Å²) >= 11 is 0. The molecule has 0 aliphatic rings. The van der Waals surface area contributed by atoms with Crippen molar-refractivity contribution in [3.8, 4) is 0 Å². The van der Waals surface area contributed by atoms with E-state index in [2.05, 4.69) is 41.5 Å². The number of esters is 3. The van der Waals surface area contributed by atoms with E-state index in [4.69, 9.17) is 14.2 Å². The van der Waals surface area contributed by atoms with Gasteiger partial charge in [0, 0.05) is 0 Å². The normalized spacial score (nSPS) is 11.9. The highest BCUT2D eigenvalue weighted by atomic mass is 16.6. The van der Waals surface area contributed by atoms with Crippen molar-refractivity contribution < 1.29 is 33.7 Å². The van der Waals surface area contributed by atoms with E-state index in [-0.39, 0.29) is 19.8 Å². The molecule has 0 spiro atoms. The second-order valence-electron chi connectivity index (χ2n) is 25.5. The van der Waals surface area contributed by atoms with E-state index in [0.717, 1.165) is 69.1 Å². The summed E-state index contributed by atoms with van der Waals surface area (Å²) in [6, 6.07) is 0. The third-order valence-corrected chi connectivity index (χ3v) is 16.0. The van der Waals surface area contributed by atoms with Crippen LogP contribution < -0.4 is 0 Å². The van der Waals surface area contributed by atoms with Crippen LogP contribution in [0.15, 0.2) is 0 Å². The van der Waals surface area contributed by atoms with Crippen molar-refractivity contribution in [2.45, 2.75) is 387 Å². The zero-order valence-electron chi connectivity index (χ0n) is 52.2. The summed E-state index contributed by atoms with van der Waals surface area (Å²) in [5.74, 6) is 0.220. The fourth-order valence-corrected chi connectivity index (χ4v) is 10.8. The van der Waals surface area contributed by atoms with Gasteiger partial charge in [-0.15, -0.1) is 0 Å². The van der Waals surface area contributed by atoms with Crippen molar-refractivity contribution in [1.29, 1.82) is 0 Å². The number of unbranched alkanes of at least 4 members (excludes halogenated alkanes) is 45. The van der Waals surface area contributed by atoms with Crippen LogP contribution in [0.25, 0.3) is 0 Å². The molecular formula is C69H134O7. The van der Waals surface area contributed by atoms with Crippen molar-refractivity contribution in [1.82, 2.24) is 0 Å². The molecule has 0 rings (SSSR count). The first-order valence-corrected chi connectivity index (χ1v) is 34.2. The van der Waals surface area contributed by atoms with Gasteiger partial charge in [-0.05, 0) is 37.0 Å². The number of ether oxygens (including phenoxy) is 3. The van der Waals surface area contributed by atoms with Gasteiger partial charge in [-0.1, -0.05) is 350 Å². The molecular weight excluding hydrogens is 941 g/mol. The minimum absolute atomic E-state index is 0.154. The number of carbonyl (C=O) groups is 3. The van der Waals surface area contributed by atoms with Gasteiger partial charge < -0.3 is 19.3 Å². The second kappa shape index (κ2) is 58.0. The van der Waals surface area contributed by atoms with Gasteiger partial charge in [-0.25, -0.2) is 4.79 Å². The summed E-state index contributed by atoms with van der Waals surface area (Å²) in [6.45, 7) is 14.6. The van der Waals surface area contributed by atoms with Crippen LogP contribution in [0.4, 0.5) is 0 Å². The largest absolute Gasteiger partial charge is 0.466 e. The molecule has 7 nitrogen and oxygen atoms in total. The van der Waals surface area contributed by atoms with E-state index in [1.807, 2.05) is 0 Å². The van der Waals surface area contributed by atoms with Gasteiger partial charge in [-0.2, -0.15) is 0 Å². The summed E-state index contributed by atoms with van der Waals surface area (Å²) in [4.78, 5) is 39.4. The molecule has 0 aromatic carbocycles. The van der Waals surface area contributed by atoms with E-state index in [0.29, 0.717) is 6.42 Å². The average molecular weight is 1080 g/mol. The molecule has 0 aromatic heterocycles. The van der Waals surface area contributed by atoms with Crippen molar-refractivity contribution in [2.24, 2.45) is 17.8 Å². The van der Waals surface area contributed by atoms with Crippen molar-refractivity contribution >= 4 is 17.9 Å². The predicted molar refractivity (Wildman–Crippen MR) is 327 cm³/mol. The number of hydrogen-bond acceptors (Lipinski definition) is 7. The molecule has 0 heterocycles. The van der Waals surface area contributed by atoms with Gasteiger partial charge in [-0.3, -0.25) is 9.59 Å². The summed E-state index contributed by atoms with van der Waals surface area (Å²) in [5, 5.41) is 11.5. The molecule has 0 amide bonds. The summed E-state index contributed by atoms with van der Waals surface area (Å²) < 4.78 is 16.5. The van der Waals surface area contributed by atoms with Crippen LogP contribution in [-0.2, 0) is 28.6 Å². The Kier molecular flexibility index (Phi) is 56.8. The van der Waals surface area contributed by atoms with Crippen LogP contribution in [0.2, 0.25) is 0 Å². The first-order chi connectivity index (χ1) is 37.0. The first kappa shape index (κ1) is 74.4. The first-order valence-electron chi connectivity index (χ1n) is 34.2. The Bertz CT molecular complexity index is 1150. The molecule has 7 heteroatoms. The third kappa shape index (κ3) is 57.1. The third-order valence-electron chi connectivity index (χ3n) is 16.0. The Hall–Kier alpha value is -1.63. The molecule has 0 aliphatic heterocycles. The standard InChI is InChI=1S/C69H134O7/c1-63(2)55-49-43-37-31-25-19-13-7-10-16-22-28-34-40-46-52-58-74-66(70)61-69(73,68(72)76-60-54-48-42-36-30-24-18-12-9-15-21-27-33-39-45-51-57-65(5)6)62-67(71)75-59-53-47-41-35-29-23-17-11-8-14-20-26-32-38-44-50-56-64(3)4/h63-65,73H,7-62H2,1-6H3. The fraction of sp³-hybridized carbons (Fsp3) is 0.957. The average Bonchev–Trinajstić information content (AvgIpc) is 3.37. The molecule has 0 radical (unpaired) electrons. The van der Waals surface area contributed by atoms with Crippen LogP contribution in [0.3, 0.4) is 0 Å². The molecule has 0 bridgehead atoms. The maximum absolute atomic E-state index is 13.4. The Labute approximate surface area is 474 Å². The van der Waals surface area contributed by atoms with Gasteiger partial charge in [0.25, 0.3) is 0 Å². The highest BCUT2D eigenvalue weighted by molar-refractivity contribution is 5.90. The van der Waals surface area contributed by atoms with Gasteiger partial charge in [0.05, 0.1) is 32.7 Å². The van der Waals surface area contributed by atoms with Crippen molar-refractivity contribution in [3.05, 3.63) is 0 Å². The van der Waals surface area contributed by atoms with E-state index in [1.165, 1.54) is 270 Å². The van der Waals surface area contributed by atoms with Crippen molar-refractivity contribution in [3.63, 3.8) is 0 Å². The van der Waals surface area contributed by atoms with Crippen LogP contribution in [-0.4, -0.2) is 48.4 Å². The van der Waals surface area contributed by atoms with Crippen LogP contribution in [0, 0.1) is 17.8 Å². The lowest BCUT2D eigenvalue weighted by Gasteiger charge is -2.24. The number of hydrogen-bond donors (Lipinski definition) is 1. The number of carbonyl (C=O) groups excluding carboxylic acids is 3. The van der Waals surface area contributed by atoms with Gasteiger partial charge in [0.2, 0.25) is 0 Å². The van der Waals surface area contributed by atoms with Crippen LogP contribution >= 0.6 is 0 Å². The lowest BCUT2D eigenvalue weighted by atomic mass is 9.95. The maximum atomic E-state index is 13.4. The zero-order chi connectivity index (χ0) is 55.7. The molecule has 0 aliphatic carbocycles. The molecule has 76 heavy (non-hydrogen) atoms. The molecule has 0 unspecified atom stereocenters.